The van der Waals surface area contributed by atoms with Crippen molar-refractivity contribution >= 4 is 10.9 Å². The standard InChI is InChI=1S/C16H15N3O2/c1-10-4-5-11(8-17-10)13-9-18-19-14-7-16(21-3)15(20-2)6-12(13)14/h4-9H,1-3H3. The molecule has 3 aromatic rings. The number of hydrogen-bond donors (Lipinski definition) is 0. The molecular formula is C16H15N3O2. The van der Waals surface area contributed by atoms with Crippen molar-refractivity contribution in [2.45, 2.75) is 6.92 Å². The lowest BCUT2D eigenvalue weighted by atomic mass is 10.0. The first-order chi connectivity index (χ1) is 10.2. The molecule has 0 saturated carbocycles. The number of rotatable bonds is 3. The summed E-state index contributed by atoms with van der Waals surface area (Å²) < 4.78 is 10.7. The number of benzene rings is 1. The minimum atomic E-state index is 0.637. The summed E-state index contributed by atoms with van der Waals surface area (Å²) in [6.07, 6.45) is 3.57. The highest BCUT2D eigenvalue weighted by Gasteiger charge is 2.11. The molecule has 0 radical (unpaired) electrons. The second-order valence-corrected chi connectivity index (χ2v) is 4.67. The largest absolute Gasteiger partial charge is 0.493 e. The van der Waals surface area contributed by atoms with Crippen LogP contribution < -0.4 is 9.47 Å². The van der Waals surface area contributed by atoms with E-state index in [9.17, 15) is 0 Å². The summed E-state index contributed by atoms with van der Waals surface area (Å²) in [5.74, 6) is 1.30. The van der Waals surface area contributed by atoms with Crippen LogP contribution in [0.15, 0.2) is 36.7 Å². The van der Waals surface area contributed by atoms with E-state index in [0.717, 1.165) is 27.7 Å². The van der Waals surface area contributed by atoms with E-state index in [0.29, 0.717) is 11.5 Å². The van der Waals surface area contributed by atoms with Gasteiger partial charge in [0.05, 0.1) is 25.9 Å². The second-order valence-electron chi connectivity index (χ2n) is 4.67. The SMILES string of the molecule is COc1cc2nncc(-c3ccc(C)nc3)c2cc1OC. The van der Waals surface area contributed by atoms with Crippen molar-refractivity contribution in [1.29, 1.82) is 0 Å². The van der Waals surface area contributed by atoms with Gasteiger partial charge in [0, 0.05) is 34.5 Å². The maximum atomic E-state index is 5.37. The van der Waals surface area contributed by atoms with Gasteiger partial charge in [-0.1, -0.05) is 6.07 Å². The molecule has 0 bridgehead atoms. The van der Waals surface area contributed by atoms with Crippen molar-refractivity contribution in [3.8, 4) is 22.6 Å². The topological polar surface area (TPSA) is 57.1 Å². The maximum absolute atomic E-state index is 5.37. The zero-order valence-electron chi connectivity index (χ0n) is 12.1. The van der Waals surface area contributed by atoms with Crippen LogP contribution >= 0.6 is 0 Å². The first-order valence-electron chi connectivity index (χ1n) is 6.53. The van der Waals surface area contributed by atoms with Crippen LogP contribution in [0.2, 0.25) is 0 Å². The highest BCUT2D eigenvalue weighted by molar-refractivity contribution is 5.95. The molecule has 106 valence electrons. The zero-order chi connectivity index (χ0) is 14.8. The third-order valence-electron chi connectivity index (χ3n) is 3.37. The average molecular weight is 281 g/mol. The lowest BCUT2D eigenvalue weighted by Gasteiger charge is -2.11. The van der Waals surface area contributed by atoms with Gasteiger partial charge in [-0.25, -0.2) is 0 Å². The first-order valence-corrected chi connectivity index (χ1v) is 6.53. The number of hydrogen-bond acceptors (Lipinski definition) is 5. The molecule has 0 fully saturated rings. The van der Waals surface area contributed by atoms with Crippen LogP contribution in [-0.2, 0) is 0 Å². The Morgan fingerprint density at radius 1 is 0.952 bits per heavy atom. The molecule has 21 heavy (non-hydrogen) atoms. The molecule has 0 atom stereocenters. The number of pyridine rings is 1. The minimum absolute atomic E-state index is 0.637. The van der Waals surface area contributed by atoms with Crippen molar-refractivity contribution in [3.63, 3.8) is 0 Å². The van der Waals surface area contributed by atoms with E-state index in [4.69, 9.17) is 9.47 Å². The summed E-state index contributed by atoms with van der Waals surface area (Å²) in [5.41, 5.74) is 3.69. The minimum Gasteiger partial charge on any atom is -0.493 e. The van der Waals surface area contributed by atoms with E-state index in [1.807, 2.05) is 37.4 Å². The number of aromatic nitrogens is 3. The molecule has 5 nitrogen and oxygen atoms in total. The predicted molar refractivity (Wildman–Crippen MR) is 80.6 cm³/mol. The molecule has 1 aromatic carbocycles. The van der Waals surface area contributed by atoms with Gasteiger partial charge in [-0.15, -0.1) is 0 Å². The number of methoxy groups -OCH3 is 2. The van der Waals surface area contributed by atoms with Gasteiger partial charge in [-0.05, 0) is 19.1 Å². The van der Waals surface area contributed by atoms with Gasteiger partial charge in [0.15, 0.2) is 11.5 Å². The Morgan fingerprint density at radius 2 is 1.71 bits per heavy atom. The Balaban J connectivity index is 2.26. The molecule has 0 N–H and O–H groups in total. The molecule has 0 unspecified atom stereocenters. The monoisotopic (exact) mass is 281 g/mol. The summed E-state index contributed by atoms with van der Waals surface area (Å²) in [7, 11) is 3.22. The van der Waals surface area contributed by atoms with Gasteiger partial charge >= 0.3 is 0 Å². The summed E-state index contributed by atoms with van der Waals surface area (Å²) in [6, 6.07) is 7.74. The fourth-order valence-electron chi connectivity index (χ4n) is 2.24. The summed E-state index contributed by atoms with van der Waals surface area (Å²) >= 11 is 0. The summed E-state index contributed by atoms with van der Waals surface area (Å²) in [6.45, 7) is 1.96. The van der Waals surface area contributed by atoms with E-state index in [1.165, 1.54) is 0 Å². The molecule has 0 aliphatic carbocycles. The number of nitrogens with zero attached hydrogens (tertiary/aromatic N) is 3. The van der Waals surface area contributed by atoms with E-state index in [2.05, 4.69) is 15.2 Å². The quantitative estimate of drug-likeness (QED) is 0.738. The first kappa shape index (κ1) is 13.3. The number of fused-ring (bicyclic) bond motifs is 1. The van der Waals surface area contributed by atoms with Crippen LogP contribution in [0.3, 0.4) is 0 Å². The Morgan fingerprint density at radius 3 is 2.38 bits per heavy atom. The Hall–Kier alpha value is -2.69. The lowest BCUT2D eigenvalue weighted by molar-refractivity contribution is 0.356. The van der Waals surface area contributed by atoms with Crippen molar-refractivity contribution < 1.29 is 9.47 Å². The molecule has 3 rings (SSSR count). The molecule has 2 heterocycles. The molecule has 0 spiro atoms. The summed E-state index contributed by atoms with van der Waals surface area (Å²) in [4.78, 5) is 4.33. The van der Waals surface area contributed by atoms with Gasteiger partial charge in [0.25, 0.3) is 0 Å². The lowest BCUT2D eigenvalue weighted by Crippen LogP contribution is -1.94. The fourth-order valence-corrected chi connectivity index (χ4v) is 2.24. The average Bonchev–Trinajstić information content (AvgIpc) is 2.53. The van der Waals surface area contributed by atoms with Crippen LogP contribution in [-0.4, -0.2) is 29.4 Å². The number of ether oxygens (including phenoxy) is 2. The fraction of sp³-hybridized carbons (Fsp3) is 0.188. The van der Waals surface area contributed by atoms with E-state index in [-0.39, 0.29) is 0 Å². The van der Waals surface area contributed by atoms with Crippen LogP contribution in [0, 0.1) is 6.92 Å². The van der Waals surface area contributed by atoms with E-state index in [1.54, 1.807) is 20.4 Å². The summed E-state index contributed by atoms with van der Waals surface area (Å²) in [5, 5.41) is 9.18. The molecule has 0 saturated heterocycles. The molecule has 0 aliphatic heterocycles. The van der Waals surface area contributed by atoms with E-state index >= 15 is 0 Å². The van der Waals surface area contributed by atoms with Crippen LogP contribution in [0.25, 0.3) is 22.0 Å². The highest BCUT2D eigenvalue weighted by atomic mass is 16.5. The van der Waals surface area contributed by atoms with Gasteiger partial charge in [0.2, 0.25) is 0 Å². The highest BCUT2D eigenvalue weighted by Crippen LogP contribution is 2.35. The molecule has 0 amide bonds. The van der Waals surface area contributed by atoms with Crippen molar-refractivity contribution in [2.75, 3.05) is 14.2 Å². The molecule has 5 heteroatoms. The molecule has 0 aliphatic rings. The zero-order valence-corrected chi connectivity index (χ0v) is 12.1. The van der Waals surface area contributed by atoms with Crippen molar-refractivity contribution in [3.05, 3.63) is 42.4 Å². The Kier molecular flexibility index (Phi) is 3.39. The normalized spacial score (nSPS) is 10.6. The smallest absolute Gasteiger partial charge is 0.162 e. The van der Waals surface area contributed by atoms with E-state index < -0.39 is 0 Å². The van der Waals surface area contributed by atoms with Gasteiger partial charge in [-0.3, -0.25) is 4.98 Å². The van der Waals surface area contributed by atoms with Gasteiger partial charge < -0.3 is 9.47 Å². The second kappa shape index (κ2) is 5.36. The van der Waals surface area contributed by atoms with Crippen molar-refractivity contribution in [1.82, 2.24) is 15.2 Å². The van der Waals surface area contributed by atoms with Crippen LogP contribution in [0.5, 0.6) is 11.5 Å². The third kappa shape index (κ3) is 2.38. The maximum Gasteiger partial charge on any atom is 0.162 e. The molecule has 2 aromatic heterocycles. The predicted octanol–water partition coefficient (Wildman–Crippen LogP) is 3.02. The molecular weight excluding hydrogens is 266 g/mol. The Bertz CT molecular complexity index is 785. The van der Waals surface area contributed by atoms with Gasteiger partial charge in [-0.2, -0.15) is 10.2 Å². The number of aryl methyl sites for hydroxylation is 1. The van der Waals surface area contributed by atoms with Crippen molar-refractivity contribution in [2.24, 2.45) is 0 Å². The van der Waals surface area contributed by atoms with Gasteiger partial charge in [0.1, 0.15) is 0 Å². The Labute approximate surface area is 122 Å². The third-order valence-corrected chi connectivity index (χ3v) is 3.37. The van der Waals surface area contributed by atoms with Crippen LogP contribution in [0.1, 0.15) is 5.69 Å². The van der Waals surface area contributed by atoms with Crippen LogP contribution in [0.4, 0.5) is 0 Å².